The number of amides is 2. The van der Waals surface area contributed by atoms with Gasteiger partial charge in [0.05, 0.1) is 6.42 Å². The molecule has 5 heteroatoms. The van der Waals surface area contributed by atoms with Crippen LogP contribution in [0, 0.1) is 12.7 Å². The summed E-state index contributed by atoms with van der Waals surface area (Å²) in [4.78, 5) is 28.6. The molecule has 0 saturated carbocycles. The lowest BCUT2D eigenvalue weighted by Gasteiger charge is -2.32. The first-order valence-electron chi connectivity index (χ1n) is 11.3. The number of halogens is 1. The Morgan fingerprint density at radius 2 is 1.52 bits per heavy atom. The normalized spacial score (nSPS) is 11.8. The highest BCUT2D eigenvalue weighted by atomic mass is 19.1. The molecule has 0 bridgehead atoms. The Bertz CT molecular complexity index is 1060. The fourth-order valence-corrected chi connectivity index (χ4v) is 3.79. The van der Waals surface area contributed by atoms with Gasteiger partial charge in [0, 0.05) is 19.0 Å². The van der Waals surface area contributed by atoms with Crippen LogP contribution in [-0.2, 0) is 29.0 Å². The molecule has 3 aromatic rings. The van der Waals surface area contributed by atoms with Crippen LogP contribution in [0.1, 0.15) is 36.1 Å². The zero-order valence-corrected chi connectivity index (χ0v) is 19.4. The number of aryl methyl sites for hydroxylation is 1. The monoisotopic (exact) mass is 446 g/mol. The van der Waals surface area contributed by atoms with E-state index in [0.29, 0.717) is 6.42 Å². The summed E-state index contributed by atoms with van der Waals surface area (Å²) >= 11 is 0. The van der Waals surface area contributed by atoms with E-state index < -0.39 is 6.04 Å². The van der Waals surface area contributed by atoms with Gasteiger partial charge in [-0.15, -0.1) is 0 Å². The molecule has 1 atom stereocenters. The molecule has 1 unspecified atom stereocenters. The van der Waals surface area contributed by atoms with Crippen LogP contribution in [0.15, 0.2) is 78.9 Å². The van der Waals surface area contributed by atoms with E-state index in [4.69, 9.17) is 0 Å². The van der Waals surface area contributed by atoms with Gasteiger partial charge in [0.2, 0.25) is 11.8 Å². The van der Waals surface area contributed by atoms with Gasteiger partial charge in [-0.3, -0.25) is 9.59 Å². The minimum atomic E-state index is -0.698. The van der Waals surface area contributed by atoms with Crippen LogP contribution in [0.4, 0.5) is 4.39 Å². The maximum Gasteiger partial charge on any atom is 0.243 e. The number of nitrogens with zero attached hydrogens (tertiary/aromatic N) is 1. The van der Waals surface area contributed by atoms with Crippen LogP contribution in [0.3, 0.4) is 0 Å². The van der Waals surface area contributed by atoms with E-state index in [0.717, 1.165) is 22.3 Å². The van der Waals surface area contributed by atoms with Crippen molar-refractivity contribution in [1.29, 1.82) is 0 Å². The van der Waals surface area contributed by atoms with Crippen molar-refractivity contribution < 1.29 is 14.0 Å². The quantitative estimate of drug-likeness (QED) is 0.511. The van der Waals surface area contributed by atoms with Crippen LogP contribution in [-0.4, -0.2) is 28.8 Å². The zero-order chi connectivity index (χ0) is 23.8. The number of hydrogen-bond acceptors (Lipinski definition) is 2. The predicted molar refractivity (Wildman–Crippen MR) is 129 cm³/mol. The van der Waals surface area contributed by atoms with Crippen LogP contribution in [0.25, 0.3) is 0 Å². The molecule has 1 N–H and O–H groups in total. The molecular formula is C28H31FN2O2. The molecule has 4 nitrogen and oxygen atoms in total. The van der Waals surface area contributed by atoms with Gasteiger partial charge in [-0.2, -0.15) is 0 Å². The molecule has 0 aliphatic rings. The van der Waals surface area contributed by atoms with Crippen LogP contribution in [0.5, 0.6) is 0 Å². The second kappa shape index (κ2) is 11.4. The molecular weight excluding hydrogens is 415 g/mol. The third-order valence-corrected chi connectivity index (χ3v) is 5.57. The summed E-state index contributed by atoms with van der Waals surface area (Å²) in [5.41, 5.74) is 3.69. The van der Waals surface area contributed by atoms with Crippen LogP contribution >= 0.6 is 0 Å². The zero-order valence-electron chi connectivity index (χ0n) is 19.4. The van der Waals surface area contributed by atoms with Gasteiger partial charge in [0.25, 0.3) is 0 Å². The van der Waals surface area contributed by atoms with Gasteiger partial charge >= 0.3 is 0 Å². The van der Waals surface area contributed by atoms with Gasteiger partial charge in [0.1, 0.15) is 11.9 Å². The van der Waals surface area contributed by atoms with Crippen molar-refractivity contribution in [3.05, 3.63) is 107 Å². The molecule has 0 aromatic heterocycles. The first-order chi connectivity index (χ1) is 15.8. The summed E-state index contributed by atoms with van der Waals surface area (Å²) < 4.78 is 13.5. The molecule has 0 saturated heterocycles. The minimum Gasteiger partial charge on any atom is -0.352 e. The van der Waals surface area contributed by atoms with Crippen LogP contribution in [0.2, 0.25) is 0 Å². The van der Waals surface area contributed by atoms with E-state index in [1.807, 2.05) is 75.4 Å². The van der Waals surface area contributed by atoms with Gasteiger partial charge in [-0.1, -0.05) is 66.7 Å². The second-order valence-electron chi connectivity index (χ2n) is 8.62. The highest BCUT2D eigenvalue weighted by Crippen LogP contribution is 2.18. The lowest BCUT2D eigenvalue weighted by Crippen LogP contribution is -2.52. The molecule has 0 fully saturated rings. The Morgan fingerprint density at radius 3 is 2.15 bits per heavy atom. The van der Waals surface area contributed by atoms with Crippen molar-refractivity contribution in [3.8, 4) is 0 Å². The molecule has 172 valence electrons. The van der Waals surface area contributed by atoms with E-state index >= 15 is 0 Å². The molecule has 3 aromatic carbocycles. The summed E-state index contributed by atoms with van der Waals surface area (Å²) in [7, 11) is 0. The average molecular weight is 447 g/mol. The third kappa shape index (κ3) is 7.01. The number of carbonyl (C=O) groups excluding carboxylic acids is 2. The summed E-state index contributed by atoms with van der Waals surface area (Å²) in [5.74, 6) is -0.683. The Kier molecular flexibility index (Phi) is 8.36. The predicted octanol–water partition coefficient (Wildman–Crippen LogP) is 4.84. The second-order valence-corrected chi connectivity index (χ2v) is 8.62. The van der Waals surface area contributed by atoms with Gasteiger partial charge in [-0.25, -0.2) is 4.39 Å². The Balaban J connectivity index is 1.97. The maximum absolute atomic E-state index is 13.6. The summed E-state index contributed by atoms with van der Waals surface area (Å²) in [6.45, 7) is 5.99. The van der Waals surface area contributed by atoms with Crippen molar-refractivity contribution in [1.82, 2.24) is 10.2 Å². The first kappa shape index (κ1) is 24.2. The summed E-state index contributed by atoms with van der Waals surface area (Å²) in [6.07, 6.45) is 0.578. The number of carbonyl (C=O) groups is 2. The van der Waals surface area contributed by atoms with E-state index in [-0.39, 0.29) is 36.6 Å². The van der Waals surface area contributed by atoms with Crippen molar-refractivity contribution in [3.63, 3.8) is 0 Å². The van der Waals surface area contributed by atoms with E-state index in [9.17, 15) is 14.0 Å². The molecule has 0 radical (unpaired) electrons. The highest BCUT2D eigenvalue weighted by molar-refractivity contribution is 5.89. The molecule has 2 amide bonds. The average Bonchev–Trinajstić information content (AvgIpc) is 2.79. The van der Waals surface area contributed by atoms with Gasteiger partial charge < -0.3 is 10.2 Å². The molecule has 0 spiro atoms. The van der Waals surface area contributed by atoms with Crippen molar-refractivity contribution in [2.45, 2.75) is 52.2 Å². The number of rotatable bonds is 9. The van der Waals surface area contributed by atoms with Crippen LogP contribution < -0.4 is 5.32 Å². The lowest BCUT2D eigenvalue weighted by molar-refractivity contribution is -0.141. The number of benzene rings is 3. The smallest absolute Gasteiger partial charge is 0.243 e. The molecule has 33 heavy (non-hydrogen) atoms. The molecule has 0 aliphatic carbocycles. The fourth-order valence-electron chi connectivity index (χ4n) is 3.79. The molecule has 0 aliphatic heterocycles. The minimum absolute atomic E-state index is 0.0603. The van der Waals surface area contributed by atoms with Crippen molar-refractivity contribution >= 4 is 11.8 Å². The fraction of sp³-hybridized carbons (Fsp3) is 0.286. The lowest BCUT2D eigenvalue weighted by atomic mass is 10.00. The summed E-state index contributed by atoms with van der Waals surface area (Å²) in [6, 6.07) is 22.7. The topological polar surface area (TPSA) is 49.4 Å². The first-order valence-corrected chi connectivity index (χ1v) is 11.3. The van der Waals surface area contributed by atoms with Gasteiger partial charge in [-0.05, 0) is 55.2 Å². The number of hydrogen-bond donors (Lipinski definition) is 1. The highest BCUT2D eigenvalue weighted by Gasteiger charge is 2.30. The Hall–Kier alpha value is -3.47. The molecule has 0 heterocycles. The van der Waals surface area contributed by atoms with Gasteiger partial charge in [0.15, 0.2) is 0 Å². The summed E-state index contributed by atoms with van der Waals surface area (Å²) in [5, 5.41) is 2.98. The number of nitrogens with one attached hydrogen (secondary N) is 1. The SMILES string of the molecule is Cc1ccccc1CC(=O)N(Cc1ccc(F)cc1)C(Cc1ccccc1)C(=O)NC(C)C. The Morgan fingerprint density at radius 1 is 0.879 bits per heavy atom. The van der Waals surface area contributed by atoms with E-state index in [1.54, 1.807) is 17.0 Å². The van der Waals surface area contributed by atoms with Crippen molar-refractivity contribution in [2.24, 2.45) is 0 Å². The standard InChI is InChI=1S/C28H31FN2O2/c1-20(2)30-28(33)26(17-22-10-5-4-6-11-22)31(19-23-13-15-25(29)16-14-23)27(32)18-24-12-8-7-9-21(24)3/h4-16,20,26H,17-19H2,1-3H3,(H,30,33). The Labute approximate surface area is 195 Å². The van der Waals surface area contributed by atoms with E-state index in [1.165, 1.54) is 12.1 Å². The van der Waals surface area contributed by atoms with Crippen molar-refractivity contribution in [2.75, 3.05) is 0 Å². The van der Waals surface area contributed by atoms with E-state index in [2.05, 4.69) is 5.32 Å². The third-order valence-electron chi connectivity index (χ3n) is 5.57. The largest absolute Gasteiger partial charge is 0.352 e. The maximum atomic E-state index is 13.6. The molecule has 3 rings (SSSR count).